The molecule has 7 nitrogen and oxygen atoms in total. The first-order valence-corrected chi connectivity index (χ1v) is 8.41. The Bertz CT molecular complexity index is 622. The van der Waals surface area contributed by atoms with Gasteiger partial charge in [-0.2, -0.15) is 0 Å². The molecule has 0 fully saturated rings. The molecule has 0 spiro atoms. The summed E-state index contributed by atoms with van der Waals surface area (Å²) in [4.78, 5) is 24.0. The van der Waals surface area contributed by atoms with Crippen LogP contribution in [0.1, 0.15) is 27.9 Å². The summed E-state index contributed by atoms with van der Waals surface area (Å²) in [7, 11) is 3.27. The number of aryl methyl sites for hydroxylation is 2. The lowest BCUT2D eigenvalue weighted by Gasteiger charge is -2.21. The molecule has 0 saturated carbocycles. The van der Waals surface area contributed by atoms with Crippen LogP contribution in [-0.4, -0.2) is 55.8 Å². The predicted octanol–water partition coefficient (Wildman–Crippen LogP) is 0.907. The van der Waals surface area contributed by atoms with Gasteiger partial charge in [-0.3, -0.25) is 20.0 Å². The number of nitrogens with one attached hydrogen (secondary N) is 3. The van der Waals surface area contributed by atoms with Gasteiger partial charge in [0.25, 0.3) is 11.8 Å². The summed E-state index contributed by atoms with van der Waals surface area (Å²) in [6, 6.07) is 5.42. The highest BCUT2D eigenvalue weighted by Gasteiger charge is 2.11. The molecule has 0 bridgehead atoms. The standard InChI is InChI=1S/C17H26N4O3S/c1-12-6-7-14(10-13(12)2)16(23)19-11-15(22)20-21(3)17(25)18-8-5-9-24-4/h6-7,10H,5,8-9,11H2,1-4H3,(H,18,25)(H,19,23)(H,20,22). The van der Waals surface area contributed by atoms with Crippen molar-refractivity contribution in [2.45, 2.75) is 20.3 Å². The van der Waals surface area contributed by atoms with Crippen LogP contribution in [0.15, 0.2) is 18.2 Å². The maximum Gasteiger partial charge on any atom is 0.257 e. The molecule has 0 aliphatic carbocycles. The maximum atomic E-state index is 12.1. The second kappa shape index (κ2) is 10.6. The van der Waals surface area contributed by atoms with Crippen molar-refractivity contribution in [2.75, 3.05) is 33.9 Å². The van der Waals surface area contributed by atoms with Gasteiger partial charge in [0.1, 0.15) is 0 Å². The van der Waals surface area contributed by atoms with Gasteiger partial charge in [0.15, 0.2) is 5.11 Å². The van der Waals surface area contributed by atoms with Crippen molar-refractivity contribution in [1.82, 2.24) is 21.1 Å². The molecule has 0 heterocycles. The summed E-state index contributed by atoms with van der Waals surface area (Å²) < 4.78 is 4.95. The van der Waals surface area contributed by atoms with Crippen LogP contribution >= 0.6 is 12.2 Å². The van der Waals surface area contributed by atoms with Crippen molar-refractivity contribution in [3.63, 3.8) is 0 Å². The van der Waals surface area contributed by atoms with Gasteiger partial charge >= 0.3 is 0 Å². The largest absolute Gasteiger partial charge is 0.385 e. The van der Waals surface area contributed by atoms with E-state index in [1.165, 1.54) is 5.01 Å². The monoisotopic (exact) mass is 366 g/mol. The minimum Gasteiger partial charge on any atom is -0.385 e. The highest BCUT2D eigenvalue weighted by molar-refractivity contribution is 7.80. The summed E-state index contributed by atoms with van der Waals surface area (Å²) in [6.45, 7) is 5.07. The fourth-order valence-corrected chi connectivity index (χ4v) is 2.10. The Balaban J connectivity index is 2.36. The average molecular weight is 366 g/mol. The summed E-state index contributed by atoms with van der Waals surface area (Å²) in [5.41, 5.74) is 5.26. The topological polar surface area (TPSA) is 82.7 Å². The molecule has 1 aromatic carbocycles. The van der Waals surface area contributed by atoms with Crippen molar-refractivity contribution in [2.24, 2.45) is 0 Å². The number of amides is 2. The average Bonchev–Trinajstić information content (AvgIpc) is 2.58. The van der Waals surface area contributed by atoms with Crippen molar-refractivity contribution in [3.8, 4) is 0 Å². The summed E-state index contributed by atoms with van der Waals surface area (Å²) in [5.74, 6) is -0.651. The second-order valence-corrected chi connectivity index (χ2v) is 6.04. The van der Waals surface area contributed by atoms with Gasteiger partial charge in [0, 0.05) is 32.9 Å². The smallest absolute Gasteiger partial charge is 0.257 e. The van der Waals surface area contributed by atoms with Crippen LogP contribution < -0.4 is 16.1 Å². The molecular weight excluding hydrogens is 340 g/mol. The normalized spacial score (nSPS) is 10.1. The first kappa shape index (κ1) is 20.9. The van der Waals surface area contributed by atoms with Crippen LogP contribution in [0.3, 0.4) is 0 Å². The molecule has 138 valence electrons. The number of hydrogen-bond donors (Lipinski definition) is 3. The van der Waals surface area contributed by atoms with Crippen molar-refractivity contribution in [1.29, 1.82) is 0 Å². The van der Waals surface area contributed by atoms with Crippen molar-refractivity contribution < 1.29 is 14.3 Å². The maximum absolute atomic E-state index is 12.1. The SMILES string of the molecule is COCCCNC(=S)N(C)NC(=O)CNC(=O)c1ccc(C)c(C)c1. The first-order valence-electron chi connectivity index (χ1n) is 8.00. The van der Waals surface area contributed by atoms with Crippen LogP contribution in [0.5, 0.6) is 0 Å². The third-order valence-electron chi connectivity index (χ3n) is 3.58. The number of carbonyl (C=O) groups is 2. The van der Waals surface area contributed by atoms with Gasteiger partial charge < -0.3 is 15.4 Å². The molecule has 3 N–H and O–H groups in total. The second-order valence-electron chi connectivity index (χ2n) is 5.65. The van der Waals surface area contributed by atoms with Crippen LogP contribution in [-0.2, 0) is 9.53 Å². The zero-order chi connectivity index (χ0) is 18.8. The Morgan fingerprint density at radius 3 is 2.56 bits per heavy atom. The summed E-state index contributed by atoms with van der Waals surface area (Å²) in [6.07, 6.45) is 0.810. The third-order valence-corrected chi connectivity index (χ3v) is 4.00. The fraction of sp³-hybridized carbons (Fsp3) is 0.471. The van der Waals surface area contributed by atoms with Gasteiger partial charge in [-0.05, 0) is 55.7 Å². The van der Waals surface area contributed by atoms with E-state index in [1.807, 2.05) is 19.9 Å². The highest BCUT2D eigenvalue weighted by atomic mass is 32.1. The third kappa shape index (κ3) is 7.49. The van der Waals surface area contributed by atoms with Gasteiger partial charge in [-0.1, -0.05) is 6.07 Å². The zero-order valence-electron chi connectivity index (χ0n) is 15.1. The number of carbonyl (C=O) groups excluding carboxylic acids is 2. The number of methoxy groups -OCH3 is 1. The number of benzene rings is 1. The van der Waals surface area contributed by atoms with Crippen molar-refractivity contribution >= 4 is 29.1 Å². The predicted molar refractivity (Wildman–Crippen MR) is 101 cm³/mol. The van der Waals surface area contributed by atoms with Crippen LogP contribution in [0.4, 0.5) is 0 Å². The first-order chi connectivity index (χ1) is 11.8. The van der Waals surface area contributed by atoms with Gasteiger partial charge in [0.05, 0.1) is 6.54 Å². The number of hydrazine groups is 1. The van der Waals surface area contributed by atoms with E-state index in [4.69, 9.17) is 17.0 Å². The molecule has 1 rings (SSSR count). The molecule has 0 radical (unpaired) electrons. The summed E-state index contributed by atoms with van der Waals surface area (Å²) >= 11 is 5.16. The number of thiocarbonyl (C=S) groups is 1. The van der Waals surface area contributed by atoms with E-state index in [0.717, 1.165) is 17.5 Å². The number of ether oxygens (including phenoxy) is 1. The van der Waals surface area contributed by atoms with E-state index in [-0.39, 0.29) is 18.4 Å². The van der Waals surface area contributed by atoms with Crippen LogP contribution in [0.25, 0.3) is 0 Å². The Morgan fingerprint density at radius 1 is 1.20 bits per heavy atom. The molecule has 0 saturated heterocycles. The molecule has 25 heavy (non-hydrogen) atoms. The van der Waals surface area contributed by atoms with E-state index in [9.17, 15) is 9.59 Å². The highest BCUT2D eigenvalue weighted by Crippen LogP contribution is 2.09. The summed E-state index contributed by atoms with van der Waals surface area (Å²) in [5, 5.41) is 7.39. The number of rotatable bonds is 7. The molecular formula is C17H26N4O3S. The fourth-order valence-electron chi connectivity index (χ4n) is 1.95. The molecule has 0 aliphatic rings. The van der Waals surface area contributed by atoms with Gasteiger partial charge in [-0.15, -0.1) is 0 Å². The molecule has 8 heteroatoms. The Morgan fingerprint density at radius 2 is 1.92 bits per heavy atom. The molecule has 0 aliphatic heterocycles. The van der Waals surface area contributed by atoms with Crippen LogP contribution in [0.2, 0.25) is 0 Å². The minimum absolute atomic E-state index is 0.137. The lowest BCUT2D eigenvalue weighted by molar-refractivity contribution is -0.122. The van der Waals surface area contributed by atoms with Gasteiger partial charge in [-0.25, -0.2) is 0 Å². The molecule has 0 unspecified atom stereocenters. The molecule has 2 amide bonds. The zero-order valence-corrected chi connectivity index (χ0v) is 16.0. The van der Waals surface area contributed by atoms with E-state index in [1.54, 1.807) is 26.3 Å². The number of nitrogens with zero attached hydrogens (tertiary/aromatic N) is 1. The molecule has 0 atom stereocenters. The lowest BCUT2D eigenvalue weighted by atomic mass is 10.1. The van der Waals surface area contributed by atoms with E-state index in [2.05, 4.69) is 16.1 Å². The van der Waals surface area contributed by atoms with Crippen LogP contribution in [0, 0.1) is 13.8 Å². The quantitative estimate of drug-likeness (QED) is 0.378. The molecule has 0 aromatic heterocycles. The van der Waals surface area contributed by atoms with E-state index >= 15 is 0 Å². The van der Waals surface area contributed by atoms with Crippen molar-refractivity contribution in [3.05, 3.63) is 34.9 Å². The number of hydrogen-bond acceptors (Lipinski definition) is 4. The Kier molecular flexibility index (Phi) is 8.87. The van der Waals surface area contributed by atoms with E-state index in [0.29, 0.717) is 23.8 Å². The van der Waals surface area contributed by atoms with Gasteiger partial charge in [0.2, 0.25) is 0 Å². The minimum atomic E-state index is -0.360. The molecule has 1 aromatic rings. The Labute approximate surface area is 154 Å². The Hall–Kier alpha value is -2.19. The van der Waals surface area contributed by atoms with E-state index < -0.39 is 0 Å². The lowest BCUT2D eigenvalue weighted by Crippen LogP contribution is -2.50.